The quantitative estimate of drug-likeness (QED) is 0.312. The molecule has 0 spiro atoms. The summed E-state index contributed by atoms with van der Waals surface area (Å²) < 4.78 is 20.3. The van der Waals surface area contributed by atoms with Crippen molar-refractivity contribution < 1.29 is 38.6 Å². The molecule has 5 unspecified atom stereocenters. The van der Waals surface area contributed by atoms with Crippen molar-refractivity contribution >= 4 is 13.9 Å². The normalized spacial score (nSPS) is 36.5. The zero-order valence-electron chi connectivity index (χ0n) is 11.6. The van der Waals surface area contributed by atoms with E-state index in [0.717, 1.165) is 10.5 Å². The smallest absolute Gasteiger partial charge is 0.387 e. The van der Waals surface area contributed by atoms with Crippen molar-refractivity contribution in [1.29, 1.82) is 0 Å². The van der Waals surface area contributed by atoms with Gasteiger partial charge in [-0.3, -0.25) is 9.42 Å². The van der Waals surface area contributed by atoms with E-state index in [1.807, 2.05) is 0 Å². The molecule has 3 heterocycles. The monoisotopic (exact) mass is 349 g/mol. The molecular formula is C11H16N3O8P. The number of fused-ring (bicyclic) bond motifs is 1. The molecule has 0 radical (unpaired) electrons. The summed E-state index contributed by atoms with van der Waals surface area (Å²) >= 11 is 0. The molecule has 12 heteroatoms. The van der Waals surface area contributed by atoms with Gasteiger partial charge in [-0.15, -0.1) is 0 Å². The van der Waals surface area contributed by atoms with Gasteiger partial charge in [0.1, 0.15) is 24.5 Å². The van der Waals surface area contributed by atoms with E-state index in [9.17, 15) is 19.6 Å². The summed E-state index contributed by atoms with van der Waals surface area (Å²) in [6.07, 6.45) is -0.850. The van der Waals surface area contributed by atoms with Gasteiger partial charge < -0.3 is 35.4 Å². The maximum atomic E-state index is 12.1. The Morgan fingerprint density at radius 3 is 2.78 bits per heavy atom. The van der Waals surface area contributed by atoms with Crippen LogP contribution < -0.4 is 10.6 Å². The first-order valence-corrected chi connectivity index (χ1v) is 8.24. The summed E-state index contributed by atoms with van der Waals surface area (Å²) in [7, 11) is -4.74. The van der Waals surface area contributed by atoms with Crippen molar-refractivity contribution in [2.45, 2.75) is 30.7 Å². The number of nitrogens with one attached hydrogen (secondary N) is 2. The van der Waals surface area contributed by atoms with Crippen LogP contribution in [0, 0.1) is 0 Å². The van der Waals surface area contributed by atoms with E-state index < -0.39 is 45.0 Å². The molecule has 1 fully saturated rings. The van der Waals surface area contributed by atoms with E-state index in [-0.39, 0.29) is 6.17 Å². The molecule has 3 aliphatic rings. The lowest BCUT2D eigenvalue weighted by Crippen LogP contribution is -2.56. The summed E-state index contributed by atoms with van der Waals surface area (Å²) in [5, 5.41) is 25.5. The molecule has 3 rings (SSSR count). The summed E-state index contributed by atoms with van der Waals surface area (Å²) in [5.74, 6) is 0. The minimum Gasteiger partial charge on any atom is -0.387 e. The van der Waals surface area contributed by atoms with E-state index in [1.165, 1.54) is 6.20 Å². The number of amides is 2. The molecular weight excluding hydrogens is 333 g/mol. The lowest BCUT2D eigenvalue weighted by atomic mass is 10.1. The van der Waals surface area contributed by atoms with Crippen molar-refractivity contribution in [2.75, 3.05) is 6.61 Å². The summed E-state index contributed by atoms with van der Waals surface area (Å²) in [6.45, 7) is -0.630. The molecule has 0 aromatic heterocycles. The zero-order chi connectivity index (χ0) is 16.8. The minimum atomic E-state index is -4.74. The van der Waals surface area contributed by atoms with Crippen LogP contribution in [0.3, 0.4) is 0 Å². The fourth-order valence-electron chi connectivity index (χ4n) is 2.55. The van der Waals surface area contributed by atoms with Gasteiger partial charge in [0.05, 0.1) is 6.61 Å². The van der Waals surface area contributed by atoms with Crippen molar-refractivity contribution in [2.24, 2.45) is 0 Å². The first-order chi connectivity index (χ1) is 10.8. The van der Waals surface area contributed by atoms with E-state index in [1.54, 1.807) is 12.3 Å². The van der Waals surface area contributed by atoms with Crippen LogP contribution in [0.4, 0.5) is 4.79 Å². The maximum Gasteiger partial charge on any atom is 0.469 e. The predicted molar refractivity (Wildman–Crippen MR) is 73.2 cm³/mol. The van der Waals surface area contributed by atoms with Crippen LogP contribution in [0.2, 0.25) is 0 Å². The zero-order valence-corrected chi connectivity index (χ0v) is 12.5. The van der Waals surface area contributed by atoms with Crippen LogP contribution in [0.15, 0.2) is 24.0 Å². The number of carbonyl (C=O) groups excluding carboxylic acids is 1. The molecule has 0 saturated carbocycles. The summed E-state index contributed by atoms with van der Waals surface area (Å²) in [6, 6.07) is -0.553. The molecule has 3 aliphatic heterocycles. The molecule has 11 nitrogen and oxygen atoms in total. The summed E-state index contributed by atoms with van der Waals surface area (Å²) in [4.78, 5) is 30.5. The fraction of sp³-hybridized carbons (Fsp3) is 0.545. The molecule has 0 bridgehead atoms. The number of carbonyl (C=O) groups is 1. The highest BCUT2D eigenvalue weighted by molar-refractivity contribution is 7.46. The van der Waals surface area contributed by atoms with E-state index >= 15 is 0 Å². The molecule has 5 atom stereocenters. The first-order valence-electron chi connectivity index (χ1n) is 6.71. The average Bonchev–Trinajstić information content (AvgIpc) is 3.01. The fourth-order valence-corrected chi connectivity index (χ4v) is 2.89. The minimum absolute atomic E-state index is 0.365. The number of hydrogen-bond acceptors (Lipinski definition) is 7. The third kappa shape index (κ3) is 3.26. The Morgan fingerprint density at radius 1 is 1.35 bits per heavy atom. The largest absolute Gasteiger partial charge is 0.469 e. The molecule has 2 amide bonds. The predicted octanol–water partition coefficient (Wildman–Crippen LogP) is -2.11. The average molecular weight is 349 g/mol. The van der Waals surface area contributed by atoms with Gasteiger partial charge in [0.25, 0.3) is 0 Å². The Morgan fingerprint density at radius 2 is 2.09 bits per heavy atom. The van der Waals surface area contributed by atoms with E-state index in [4.69, 9.17) is 14.5 Å². The van der Waals surface area contributed by atoms with Gasteiger partial charge in [-0.25, -0.2) is 9.36 Å². The number of nitrogens with zero attached hydrogens (tertiary/aromatic N) is 1. The van der Waals surface area contributed by atoms with Gasteiger partial charge in [0.15, 0.2) is 6.23 Å². The number of phosphoric ester groups is 1. The standard InChI is InChI=1S/C11H16N3O8P/c15-7-6(4-21-23(18,19)20)22-10(8(7)16)14-3-5-1-2-12-9(5)13-11(14)17/h1-3,6-10,12,15-16H,4H2,(H,13,17)(H2,18,19,20). The van der Waals surface area contributed by atoms with Crippen molar-refractivity contribution in [1.82, 2.24) is 15.5 Å². The number of rotatable bonds is 4. The van der Waals surface area contributed by atoms with Gasteiger partial charge in [-0.1, -0.05) is 0 Å². The molecule has 128 valence electrons. The highest BCUT2D eigenvalue weighted by Crippen LogP contribution is 2.37. The molecule has 0 aliphatic carbocycles. The van der Waals surface area contributed by atoms with E-state index in [0.29, 0.717) is 0 Å². The van der Waals surface area contributed by atoms with Crippen molar-refractivity contribution in [3.05, 3.63) is 24.0 Å². The Labute approximate surface area is 130 Å². The molecule has 0 aromatic rings. The number of urea groups is 1. The van der Waals surface area contributed by atoms with Crippen LogP contribution in [0.1, 0.15) is 0 Å². The van der Waals surface area contributed by atoms with E-state index in [2.05, 4.69) is 15.2 Å². The highest BCUT2D eigenvalue weighted by atomic mass is 31.2. The highest BCUT2D eigenvalue weighted by Gasteiger charge is 2.48. The third-order valence-corrected chi connectivity index (χ3v) is 4.17. The Bertz CT molecular complexity index is 604. The second-order valence-corrected chi connectivity index (χ2v) is 6.49. The Balaban J connectivity index is 1.73. The van der Waals surface area contributed by atoms with Crippen molar-refractivity contribution in [3.63, 3.8) is 0 Å². The van der Waals surface area contributed by atoms with Gasteiger partial charge >= 0.3 is 13.9 Å². The molecule has 0 aromatic carbocycles. The van der Waals surface area contributed by atoms with Crippen LogP contribution >= 0.6 is 7.82 Å². The topological polar surface area (TPSA) is 161 Å². The second-order valence-electron chi connectivity index (χ2n) is 5.25. The lowest BCUT2D eigenvalue weighted by Gasteiger charge is -2.33. The number of ether oxygens (including phenoxy) is 1. The maximum absolute atomic E-state index is 12.1. The van der Waals surface area contributed by atoms with Gasteiger partial charge in [-0.2, -0.15) is 0 Å². The van der Waals surface area contributed by atoms with Crippen LogP contribution in [0.5, 0.6) is 0 Å². The van der Waals surface area contributed by atoms with Crippen LogP contribution in [-0.4, -0.2) is 68.2 Å². The molecule has 1 saturated heterocycles. The number of phosphoric acid groups is 1. The number of aliphatic hydroxyl groups excluding tert-OH is 2. The number of aliphatic hydroxyl groups is 2. The van der Waals surface area contributed by atoms with Crippen molar-refractivity contribution in [3.8, 4) is 0 Å². The second kappa shape index (κ2) is 5.87. The lowest BCUT2D eigenvalue weighted by molar-refractivity contribution is -0.0657. The summed E-state index contributed by atoms with van der Waals surface area (Å²) in [5.41, 5.74) is 0.727. The third-order valence-electron chi connectivity index (χ3n) is 3.68. The van der Waals surface area contributed by atoms with Gasteiger partial charge in [0, 0.05) is 11.8 Å². The molecule has 23 heavy (non-hydrogen) atoms. The molecule has 6 N–H and O–H groups in total. The Kier molecular flexibility index (Phi) is 4.19. The first kappa shape index (κ1) is 16.4. The van der Waals surface area contributed by atoms with Gasteiger partial charge in [-0.05, 0) is 12.3 Å². The Hall–Kier alpha value is -1.46. The van der Waals surface area contributed by atoms with Crippen LogP contribution in [0.25, 0.3) is 0 Å². The van der Waals surface area contributed by atoms with Crippen LogP contribution in [-0.2, 0) is 13.8 Å². The van der Waals surface area contributed by atoms with Gasteiger partial charge in [0.2, 0.25) is 0 Å². The SMILES string of the molecule is O=C1NC2NC=CC2=CN1C1OC(COP(=O)(O)O)C(O)C1O. The number of hydrogen-bond donors (Lipinski definition) is 6.